The highest BCUT2D eigenvalue weighted by Gasteiger charge is 2.56. The van der Waals surface area contributed by atoms with E-state index >= 15 is 0 Å². The van der Waals surface area contributed by atoms with Gasteiger partial charge in [0.25, 0.3) is 5.91 Å². The van der Waals surface area contributed by atoms with Crippen molar-refractivity contribution in [2.24, 2.45) is 11.3 Å². The number of anilines is 1. The number of carbonyl (C=O) groups excluding carboxylic acids is 3. The van der Waals surface area contributed by atoms with Crippen molar-refractivity contribution in [1.82, 2.24) is 15.2 Å². The van der Waals surface area contributed by atoms with Crippen molar-refractivity contribution in [3.63, 3.8) is 0 Å². The number of imide groups is 1. The van der Waals surface area contributed by atoms with Crippen molar-refractivity contribution >= 4 is 34.3 Å². The van der Waals surface area contributed by atoms with Gasteiger partial charge in [-0.05, 0) is 61.6 Å². The number of carbonyl (C=O) groups is 3. The average Bonchev–Trinajstić information content (AvgIpc) is 3.21. The van der Waals surface area contributed by atoms with Gasteiger partial charge in [0.05, 0.1) is 5.69 Å². The Morgan fingerprint density at radius 3 is 2.69 bits per heavy atom. The van der Waals surface area contributed by atoms with Crippen LogP contribution in [0.25, 0.3) is 11.3 Å². The lowest BCUT2D eigenvalue weighted by Crippen LogP contribution is -2.54. The summed E-state index contributed by atoms with van der Waals surface area (Å²) in [6, 6.07) is 5.62. The second-order valence-electron chi connectivity index (χ2n) is 10.1. The molecule has 2 atom stereocenters. The lowest BCUT2D eigenvalue weighted by Gasteiger charge is -2.43. The topological polar surface area (TPSA) is 91.4 Å². The summed E-state index contributed by atoms with van der Waals surface area (Å²) in [4.78, 5) is 44.0. The molecular formula is C24H30N4O3S. The molecule has 1 aliphatic carbocycles. The first kappa shape index (κ1) is 22.5. The summed E-state index contributed by atoms with van der Waals surface area (Å²) in [6.07, 6.45) is 2.19. The van der Waals surface area contributed by atoms with E-state index < -0.39 is 17.5 Å². The summed E-state index contributed by atoms with van der Waals surface area (Å²) < 4.78 is 0. The molecule has 2 aliphatic rings. The van der Waals surface area contributed by atoms with Crippen LogP contribution in [-0.2, 0) is 9.59 Å². The summed E-state index contributed by atoms with van der Waals surface area (Å²) in [5, 5.41) is 7.97. The molecule has 1 aromatic heterocycles. The molecule has 1 aliphatic heterocycles. The van der Waals surface area contributed by atoms with Gasteiger partial charge in [-0.3, -0.25) is 14.5 Å². The van der Waals surface area contributed by atoms with Gasteiger partial charge >= 0.3 is 6.03 Å². The molecule has 1 spiro atoms. The normalized spacial score (nSPS) is 24.7. The molecule has 1 saturated carbocycles. The molecule has 0 bridgehead atoms. The van der Waals surface area contributed by atoms with E-state index in [0.29, 0.717) is 23.9 Å². The zero-order valence-corrected chi connectivity index (χ0v) is 20.1. The molecule has 2 fully saturated rings. The van der Waals surface area contributed by atoms with Crippen molar-refractivity contribution in [1.29, 1.82) is 0 Å². The second kappa shape index (κ2) is 7.99. The highest BCUT2D eigenvalue weighted by molar-refractivity contribution is 7.14. The fraction of sp³-hybridized carbons (Fsp3) is 0.500. The Labute approximate surface area is 192 Å². The largest absolute Gasteiger partial charge is 0.325 e. The van der Waals surface area contributed by atoms with E-state index in [-0.39, 0.29) is 17.9 Å². The number of nitrogens with zero attached hydrogens (tertiary/aromatic N) is 2. The van der Waals surface area contributed by atoms with Crippen LogP contribution in [0, 0.1) is 25.2 Å². The standard InChI is InChI=1S/C24H30N4O3S/c1-14-9-23(4,5)13-24(10-14)20(30)28(22(31)27-24)11-19(29)26-21-25-18(12-32-21)17-7-6-15(2)16(3)8-17/h6-8,12,14H,9-11,13H2,1-5H3,(H,27,31)(H,25,26,29). The van der Waals surface area contributed by atoms with E-state index in [9.17, 15) is 14.4 Å². The summed E-state index contributed by atoms with van der Waals surface area (Å²) in [5.74, 6) is -0.419. The molecule has 32 heavy (non-hydrogen) atoms. The van der Waals surface area contributed by atoms with E-state index in [1.165, 1.54) is 22.5 Å². The molecule has 1 aromatic carbocycles. The van der Waals surface area contributed by atoms with Crippen molar-refractivity contribution in [3.05, 3.63) is 34.7 Å². The summed E-state index contributed by atoms with van der Waals surface area (Å²) >= 11 is 1.32. The quantitative estimate of drug-likeness (QED) is 0.666. The van der Waals surface area contributed by atoms with Gasteiger partial charge in [0.2, 0.25) is 5.91 Å². The number of hydrogen-bond acceptors (Lipinski definition) is 5. The lowest BCUT2D eigenvalue weighted by molar-refractivity contribution is -0.136. The predicted octanol–water partition coefficient (Wildman–Crippen LogP) is 4.50. The molecule has 4 rings (SSSR count). The van der Waals surface area contributed by atoms with E-state index in [1.54, 1.807) is 0 Å². The minimum atomic E-state index is -0.907. The number of benzene rings is 1. The predicted molar refractivity (Wildman–Crippen MR) is 125 cm³/mol. The van der Waals surface area contributed by atoms with Gasteiger partial charge in [-0.2, -0.15) is 0 Å². The molecule has 0 radical (unpaired) electrons. The Kier molecular flexibility index (Phi) is 5.61. The number of aromatic nitrogens is 1. The Hall–Kier alpha value is -2.74. The lowest BCUT2D eigenvalue weighted by atomic mass is 9.64. The van der Waals surface area contributed by atoms with E-state index in [1.807, 2.05) is 24.4 Å². The molecule has 2 aromatic rings. The molecular weight excluding hydrogens is 424 g/mol. The maximum Gasteiger partial charge on any atom is 0.325 e. The van der Waals surface area contributed by atoms with Gasteiger partial charge in [0.15, 0.2) is 5.13 Å². The molecule has 1 saturated heterocycles. The van der Waals surface area contributed by atoms with Crippen molar-refractivity contribution < 1.29 is 14.4 Å². The molecule has 2 heterocycles. The highest BCUT2D eigenvalue weighted by atomic mass is 32.1. The third-order valence-electron chi connectivity index (χ3n) is 6.48. The maximum absolute atomic E-state index is 13.2. The van der Waals surface area contributed by atoms with Crippen LogP contribution in [-0.4, -0.2) is 39.8 Å². The first-order chi connectivity index (χ1) is 15.0. The van der Waals surface area contributed by atoms with Crippen LogP contribution in [0.3, 0.4) is 0 Å². The Morgan fingerprint density at radius 1 is 1.25 bits per heavy atom. The highest BCUT2D eigenvalue weighted by Crippen LogP contribution is 2.46. The number of urea groups is 1. The molecule has 8 heteroatoms. The van der Waals surface area contributed by atoms with Crippen LogP contribution in [0.5, 0.6) is 0 Å². The Morgan fingerprint density at radius 2 is 2.00 bits per heavy atom. The van der Waals surface area contributed by atoms with Crippen molar-refractivity contribution in [2.75, 3.05) is 11.9 Å². The Bertz CT molecular complexity index is 1090. The first-order valence-corrected chi connectivity index (χ1v) is 11.8. The van der Waals surface area contributed by atoms with E-state index in [2.05, 4.69) is 49.4 Å². The number of nitrogens with one attached hydrogen (secondary N) is 2. The van der Waals surface area contributed by atoms with Crippen molar-refractivity contribution in [3.8, 4) is 11.3 Å². The Balaban J connectivity index is 1.43. The minimum Gasteiger partial charge on any atom is -0.323 e. The number of aryl methyl sites for hydroxylation is 2. The van der Waals surface area contributed by atoms with Crippen LogP contribution >= 0.6 is 11.3 Å². The van der Waals surface area contributed by atoms with Gasteiger partial charge in [0, 0.05) is 10.9 Å². The van der Waals surface area contributed by atoms with Gasteiger partial charge in [-0.1, -0.05) is 32.9 Å². The number of amides is 4. The fourth-order valence-corrected chi connectivity index (χ4v) is 6.05. The smallest absolute Gasteiger partial charge is 0.323 e. The molecule has 2 unspecified atom stereocenters. The SMILES string of the molecule is Cc1ccc(-c2csc(NC(=O)CN3C(=O)NC4(CC(C)CC(C)(C)C4)C3=O)n2)cc1C. The molecule has 7 nitrogen and oxygen atoms in total. The zero-order chi connectivity index (χ0) is 23.3. The monoisotopic (exact) mass is 454 g/mol. The van der Waals surface area contributed by atoms with Crippen molar-refractivity contribution in [2.45, 2.75) is 59.4 Å². The first-order valence-electron chi connectivity index (χ1n) is 11.0. The van der Waals surface area contributed by atoms with Crippen LogP contribution in [0.4, 0.5) is 9.93 Å². The second-order valence-corrected chi connectivity index (χ2v) is 11.0. The van der Waals surface area contributed by atoms with Crippen LogP contribution in [0.2, 0.25) is 0 Å². The summed E-state index contributed by atoms with van der Waals surface area (Å²) in [6.45, 7) is 10.1. The molecule has 4 amide bonds. The van der Waals surface area contributed by atoms with Crippen LogP contribution < -0.4 is 10.6 Å². The van der Waals surface area contributed by atoms with Crippen LogP contribution in [0.1, 0.15) is 51.2 Å². The zero-order valence-electron chi connectivity index (χ0n) is 19.2. The number of thiazole rings is 1. The third-order valence-corrected chi connectivity index (χ3v) is 7.24. The molecule has 170 valence electrons. The van der Waals surface area contributed by atoms with E-state index in [4.69, 9.17) is 0 Å². The summed E-state index contributed by atoms with van der Waals surface area (Å²) in [5.41, 5.74) is 3.18. The molecule has 2 N–H and O–H groups in total. The average molecular weight is 455 g/mol. The van der Waals surface area contributed by atoms with Gasteiger partial charge in [-0.25, -0.2) is 9.78 Å². The van der Waals surface area contributed by atoms with Gasteiger partial charge in [-0.15, -0.1) is 11.3 Å². The van der Waals surface area contributed by atoms with Crippen LogP contribution in [0.15, 0.2) is 23.6 Å². The number of hydrogen-bond donors (Lipinski definition) is 2. The fourth-order valence-electron chi connectivity index (χ4n) is 5.32. The van der Waals surface area contributed by atoms with Gasteiger partial charge < -0.3 is 10.6 Å². The summed E-state index contributed by atoms with van der Waals surface area (Å²) in [7, 11) is 0. The van der Waals surface area contributed by atoms with Gasteiger partial charge in [0.1, 0.15) is 12.1 Å². The number of rotatable bonds is 4. The minimum absolute atomic E-state index is 0.0511. The third kappa shape index (κ3) is 4.28. The van der Waals surface area contributed by atoms with E-state index in [0.717, 1.165) is 22.6 Å². The maximum atomic E-state index is 13.2.